The Morgan fingerprint density at radius 3 is 1.02 bits per heavy atom. The highest BCUT2D eigenvalue weighted by Crippen LogP contribution is 2.26. The minimum absolute atomic E-state index is 0.0498. The molecule has 46 heavy (non-hydrogen) atoms. The zero-order chi connectivity index (χ0) is 33.4. The van der Waals surface area contributed by atoms with Crippen molar-refractivity contribution in [2.24, 2.45) is 0 Å². The average molecular weight is 629 g/mol. The minimum Gasteiger partial charge on any atom is -0.333 e. The monoisotopic (exact) mass is 628 g/mol. The Hall–Kier alpha value is -6.58. The van der Waals surface area contributed by atoms with Gasteiger partial charge in [-0.3, -0.25) is 50.0 Å². The molecule has 0 saturated carbocycles. The first-order chi connectivity index (χ1) is 21.9. The van der Waals surface area contributed by atoms with Crippen molar-refractivity contribution >= 4 is 34.6 Å². The summed E-state index contributed by atoms with van der Waals surface area (Å²) < 4.78 is 0. The Balaban J connectivity index is 1.73. The van der Waals surface area contributed by atoms with Crippen LogP contribution < -0.4 is 0 Å². The summed E-state index contributed by atoms with van der Waals surface area (Å²) in [5.41, 5.74) is -2.01. The van der Waals surface area contributed by atoms with Gasteiger partial charge in [-0.1, -0.05) is 60.7 Å². The number of benzene rings is 4. The van der Waals surface area contributed by atoms with Gasteiger partial charge in [0.1, 0.15) is 0 Å². The summed E-state index contributed by atoms with van der Waals surface area (Å²) in [6, 6.07) is 22.4. The van der Waals surface area contributed by atoms with E-state index in [2.05, 4.69) is 0 Å². The Morgan fingerprint density at radius 1 is 0.478 bits per heavy atom. The molecule has 0 unspecified atom stereocenters. The van der Waals surface area contributed by atoms with Gasteiger partial charge in [0.15, 0.2) is 0 Å². The van der Waals surface area contributed by atoms with E-state index < -0.39 is 54.3 Å². The number of carbonyl (C=O) groups excluding carboxylic acids is 2. The Bertz CT molecular complexity index is 1620. The van der Waals surface area contributed by atoms with Crippen LogP contribution in [0.15, 0.2) is 97.1 Å². The topological polar surface area (TPSA) is 213 Å². The molecule has 0 radical (unpaired) electrons. The maximum atomic E-state index is 13.8. The van der Waals surface area contributed by atoms with Crippen molar-refractivity contribution in [3.63, 3.8) is 0 Å². The van der Waals surface area contributed by atoms with Gasteiger partial charge in [-0.25, -0.2) is 0 Å². The number of nitrogens with zero attached hydrogens (tertiary/aromatic N) is 6. The lowest BCUT2D eigenvalue weighted by Crippen LogP contribution is -2.40. The third-order valence-corrected chi connectivity index (χ3v) is 6.79. The number of hydrogen-bond donors (Lipinski definition) is 0. The maximum absolute atomic E-state index is 13.8. The Kier molecular flexibility index (Phi) is 10.0. The molecule has 0 N–H and O–H groups in total. The molecule has 0 aliphatic carbocycles. The lowest BCUT2D eigenvalue weighted by molar-refractivity contribution is -0.394. The highest BCUT2D eigenvalue weighted by molar-refractivity contribution is 5.96. The molecule has 16 heteroatoms. The average Bonchev–Trinajstić information content (AvgIpc) is 3.05. The quantitative estimate of drug-likeness (QED) is 0.137. The Labute approximate surface area is 259 Å². The number of carbonyl (C=O) groups is 2. The second kappa shape index (κ2) is 14.3. The van der Waals surface area contributed by atoms with Crippen LogP contribution in [0.2, 0.25) is 0 Å². The van der Waals surface area contributed by atoms with Crippen LogP contribution in [0.1, 0.15) is 31.8 Å². The summed E-state index contributed by atoms with van der Waals surface area (Å²) in [5.74, 6) is -1.59. The third kappa shape index (κ3) is 8.07. The van der Waals surface area contributed by atoms with Gasteiger partial charge in [0, 0.05) is 50.4 Å². The van der Waals surface area contributed by atoms with Crippen molar-refractivity contribution in [2.45, 2.75) is 13.1 Å². The molecular formula is C30H24N6O10. The lowest BCUT2D eigenvalue weighted by atomic mass is 10.1. The summed E-state index contributed by atoms with van der Waals surface area (Å²) >= 11 is 0. The fourth-order valence-corrected chi connectivity index (χ4v) is 4.58. The van der Waals surface area contributed by atoms with E-state index in [1.165, 1.54) is 9.80 Å². The first-order valence-electron chi connectivity index (χ1n) is 13.5. The van der Waals surface area contributed by atoms with Gasteiger partial charge < -0.3 is 9.80 Å². The van der Waals surface area contributed by atoms with E-state index in [-0.39, 0.29) is 37.3 Å². The highest BCUT2D eigenvalue weighted by Gasteiger charge is 2.27. The normalized spacial score (nSPS) is 10.5. The third-order valence-electron chi connectivity index (χ3n) is 6.79. The second-order valence-electron chi connectivity index (χ2n) is 9.93. The minimum atomic E-state index is -0.857. The van der Waals surface area contributed by atoms with Crippen molar-refractivity contribution in [3.05, 3.63) is 160 Å². The summed E-state index contributed by atoms with van der Waals surface area (Å²) in [6.07, 6.45) is 0. The molecule has 4 aromatic carbocycles. The van der Waals surface area contributed by atoms with Gasteiger partial charge >= 0.3 is 0 Å². The Morgan fingerprint density at radius 2 is 0.761 bits per heavy atom. The van der Waals surface area contributed by atoms with Crippen molar-refractivity contribution < 1.29 is 29.3 Å². The van der Waals surface area contributed by atoms with Crippen LogP contribution in [0, 0.1) is 40.5 Å². The van der Waals surface area contributed by atoms with Crippen LogP contribution in [-0.2, 0) is 13.1 Å². The van der Waals surface area contributed by atoms with Crippen molar-refractivity contribution in [3.8, 4) is 0 Å². The van der Waals surface area contributed by atoms with Gasteiger partial charge in [0.2, 0.25) is 0 Å². The predicted octanol–water partition coefficient (Wildman–Crippen LogP) is 5.30. The molecule has 0 bridgehead atoms. The van der Waals surface area contributed by atoms with Gasteiger partial charge in [-0.2, -0.15) is 0 Å². The lowest BCUT2D eigenvalue weighted by Gasteiger charge is -2.28. The predicted molar refractivity (Wildman–Crippen MR) is 162 cm³/mol. The summed E-state index contributed by atoms with van der Waals surface area (Å²) in [5, 5.41) is 45.9. The molecule has 0 saturated heterocycles. The summed E-state index contributed by atoms with van der Waals surface area (Å²) in [4.78, 5) is 72.5. The number of nitro groups is 4. The maximum Gasteiger partial charge on any atom is 0.277 e. The first-order valence-corrected chi connectivity index (χ1v) is 13.5. The van der Waals surface area contributed by atoms with E-state index >= 15 is 0 Å². The van der Waals surface area contributed by atoms with E-state index in [0.717, 1.165) is 36.4 Å². The molecular weight excluding hydrogens is 604 g/mol. The zero-order valence-corrected chi connectivity index (χ0v) is 23.8. The fourth-order valence-electron chi connectivity index (χ4n) is 4.58. The fraction of sp³-hybridized carbons (Fsp3) is 0.133. The van der Waals surface area contributed by atoms with Crippen LogP contribution in [0.4, 0.5) is 22.7 Å². The summed E-state index contributed by atoms with van der Waals surface area (Å²) in [7, 11) is 0. The molecule has 0 aromatic heterocycles. The van der Waals surface area contributed by atoms with E-state index in [1.54, 1.807) is 60.7 Å². The largest absolute Gasteiger partial charge is 0.333 e. The van der Waals surface area contributed by atoms with Crippen molar-refractivity contribution in [1.82, 2.24) is 9.80 Å². The molecule has 4 rings (SSSR count). The van der Waals surface area contributed by atoms with Gasteiger partial charge in [-0.05, 0) is 11.1 Å². The van der Waals surface area contributed by atoms with Crippen molar-refractivity contribution in [2.75, 3.05) is 13.1 Å². The SMILES string of the molecule is O=C(c1cc([N+](=O)[O-])cc([N+](=O)[O-])c1)N(CCN(Cc1ccccc1)C(=O)c1cc([N+](=O)[O-])cc([N+](=O)[O-])c1)Cc1ccccc1. The molecule has 2 amide bonds. The van der Waals surface area contributed by atoms with Crippen molar-refractivity contribution in [1.29, 1.82) is 0 Å². The number of hydrogen-bond acceptors (Lipinski definition) is 10. The molecule has 0 aliphatic heterocycles. The van der Waals surface area contributed by atoms with Crippen LogP contribution in [0.5, 0.6) is 0 Å². The molecule has 0 atom stereocenters. The first kappa shape index (κ1) is 32.3. The van der Waals surface area contributed by atoms with E-state index in [4.69, 9.17) is 0 Å². The molecule has 0 aliphatic rings. The molecule has 4 aromatic rings. The van der Waals surface area contributed by atoms with E-state index in [1.807, 2.05) is 0 Å². The van der Waals surface area contributed by atoms with Crippen LogP contribution in [-0.4, -0.2) is 54.4 Å². The van der Waals surface area contributed by atoms with Crippen LogP contribution in [0.25, 0.3) is 0 Å². The molecule has 16 nitrogen and oxygen atoms in total. The second-order valence-corrected chi connectivity index (χ2v) is 9.93. The number of rotatable bonds is 13. The van der Waals surface area contributed by atoms with E-state index in [9.17, 15) is 50.0 Å². The van der Waals surface area contributed by atoms with Crippen LogP contribution in [0.3, 0.4) is 0 Å². The zero-order valence-electron chi connectivity index (χ0n) is 23.8. The van der Waals surface area contributed by atoms with Gasteiger partial charge in [0.25, 0.3) is 34.6 Å². The molecule has 0 fully saturated rings. The number of nitro benzene ring substituents is 4. The highest BCUT2D eigenvalue weighted by atomic mass is 16.6. The standard InChI is InChI=1S/C30H24N6O10/c37-29(23-13-25(33(39)40)17-26(14-23)34(41)42)31(19-21-7-3-1-4-8-21)11-12-32(20-22-9-5-2-6-10-22)30(38)24-15-27(35(43)44)18-28(16-24)36(45)46/h1-10,13-18H,11-12,19-20H2. The van der Waals surface area contributed by atoms with Gasteiger partial charge in [-0.15, -0.1) is 0 Å². The smallest absolute Gasteiger partial charge is 0.277 e. The molecule has 0 heterocycles. The molecule has 0 spiro atoms. The van der Waals surface area contributed by atoms with E-state index in [0.29, 0.717) is 11.1 Å². The number of non-ortho nitro benzene ring substituents is 4. The molecule has 234 valence electrons. The van der Waals surface area contributed by atoms with Gasteiger partial charge in [0.05, 0.1) is 43.0 Å². The number of amides is 2. The van der Waals surface area contributed by atoms with Crippen LogP contribution >= 0.6 is 0 Å². The summed E-state index contributed by atoms with van der Waals surface area (Å²) in [6.45, 7) is -0.489.